The Balaban J connectivity index is 2.15. The number of ketones is 1. The molecule has 1 heterocycles. The molecule has 156 valence electrons. The van der Waals surface area contributed by atoms with E-state index in [0.29, 0.717) is 6.54 Å². The minimum absolute atomic E-state index is 0.0393. The molecule has 1 saturated heterocycles. The third kappa shape index (κ3) is 4.10. The zero-order chi connectivity index (χ0) is 21.8. The van der Waals surface area contributed by atoms with Crippen LogP contribution in [-0.4, -0.2) is 33.2 Å². The SMILES string of the molecule is CCCCCN1C(=O)C(=O)/C(=C(\O)c2cccc([N+](=O)[O-])c2)C1c1cccc(C)c1. The molecule has 1 amide bonds. The standard InChI is InChI=1S/C23H24N2O5/c1-3-4-5-12-24-20(16-9-6-8-15(2)13-16)19(22(27)23(24)28)21(26)17-10-7-11-18(14-17)25(29)30/h6-11,13-14,20,26H,3-5,12H2,1-2H3/b21-19-. The Bertz CT molecular complexity index is 1030. The highest BCUT2D eigenvalue weighted by molar-refractivity contribution is 6.46. The number of aliphatic hydroxyl groups is 1. The largest absolute Gasteiger partial charge is 0.507 e. The van der Waals surface area contributed by atoms with Crippen LogP contribution in [0.1, 0.15) is 48.9 Å². The number of unbranched alkanes of at least 4 members (excludes halogenated alkanes) is 2. The Morgan fingerprint density at radius 2 is 1.87 bits per heavy atom. The lowest BCUT2D eigenvalue weighted by atomic mass is 9.94. The Hall–Kier alpha value is -3.48. The van der Waals surface area contributed by atoms with Crippen molar-refractivity contribution in [1.29, 1.82) is 0 Å². The number of nitrogens with zero attached hydrogens (tertiary/aromatic N) is 2. The fraction of sp³-hybridized carbons (Fsp3) is 0.304. The topological polar surface area (TPSA) is 101 Å². The molecule has 1 fully saturated rings. The molecular weight excluding hydrogens is 384 g/mol. The van der Waals surface area contributed by atoms with E-state index in [1.165, 1.54) is 29.2 Å². The maximum Gasteiger partial charge on any atom is 0.295 e. The van der Waals surface area contributed by atoms with Gasteiger partial charge >= 0.3 is 0 Å². The van der Waals surface area contributed by atoms with E-state index < -0.39 is 28.4 Å². The maximum atomic E-state index is 12.9. The average Bonchev–Trinajstić information content (AvgIpc) is 2.98. The summed E-state index contributed by atoms with van der Waals surface area (Å²) in [5, 5.41) is 22.1. The van der Waals surface area contributed by atoms with E-state index in [0.717, 1.165) is 30.4 Å². The first-order valence-electron chi connectivity index (χ1n) is 9.95. The number of likely N-dealkylation sites (tertiary alicyclic amines) is 1. The van der Waals surface area contributed by atoms with Crippen LogP contribution in [0.4, 0.5) is 5.69 Å². The highest BCUT2D eigenvalue weighted by Crippen LogP contribution is 2.40. The zero-order valence-corrected chi connectivity index (χ0v) is 17.0. The number of hydrogen-bond acceptors (Lipinski definition) is 5. The van der Waals surface area contributed by atoms with Crippen LogP contribution in [0.5, 0.6) is 0 Å². The van der Waals surface area contributed by atoms with E-state index in [4.69, 9.17) is 0 Å². The molecular formula is C23H24N2O5. The van der Waals surface area contributed by atoms with Gasteiger partial charge in [0.1, 0.15) is 5.76 Å². The molecule has 0 aliphatic carbocycles. The van der Waals surface area contributed by atoms with Crippen molar-refractivity contribution in [3.05, 3.63) is 80.9 Å². The highest BCUT2D eigenvalue weighted by Gasteiger charge is 2.45. The summed E-state index contributed by atoms with van der Waals surface area (Å²) in [4.78, 5) is 37.8. The second kappa shape index (κ2) is 8.90. The molecule has 30 heavy (non-hydrogen) atoms. The van der Waals surface area contributed by atoms with E-state index in [2.05, 4.69) is 6.92 Å². The normalized spacial score (nSPS) is 18.1. The Labute approximate surface area is 174 Å². The first-order chi connectivity index (χ1) is 14.3. The number of aliphatic hydroxyl groups excluding tert-OH is 1. The van der Waals surface area contributed by atoms with Gasteiger partial charge in [0.05, 0.1) is 16.5 Å². The molecule has 1 unspecified atom stereocenters. The number of hydrogen-bond donors (Lipinski definition) is 1. The summed E-state index contributed by atoms with van der Waals surface area (Å²) in [6, 6.07) is 12.1. The van der Waals surface area contributed by atoms with E-state index in [1.807, 2.05) is 31.2 Å². The fourth-order valence-corrected chi connectivity index (χ4v) is 3.75. The lowest BCUT2D eigenvalue weighted by molar-refractivity contribution is -0.384. The third-order valence-electron chi connectivity index (χ3n) is 5.23. The molecule has 7 heteroatoms. The summed E-state index contributed by atoms with van der Waals surface area (Å²) in [7, 11) is 0. The van der Waals surface area contributed by atoms with Gasteiger partial charge < -0.3 is 10.0 Å². The van der Waals surface area contributed by atoms with Gasteiger partial charge in [-0.2, -0.15) is 0 Å². The maximum absolute atomic E-state index is 12.9. The summed E-state index contributed by atoms with van der Waals surface area (Å²) in [6.07, 6.45) is 2.61. The van der Waals surface area contributed by atoms with Gasteiger partial charge in [-0.25, -0.2) is 0 Å². The van der Waals surface area contributed by atoms with Crippen LogP contribution in [0.25, 0.3) is 5.76 Å². The van der Waals surface area contributed by atoms with Gasteiger partial charge in [0.15, 0.2) is 0 Å². The van der Waals surface area contributed by atoms with Gasteiger partial charge in [0.25, 0.3) is 17.4 Å². The van der Waals surface area contributed by atoms with Crippen molar-refractivity contribution >= 4 is 23.1 Å². The summed E-state index contributed by atoms with van der Waals surface area (Å²) in [5.41, 5.74) is 1.57. The zero-order valence-electron chi connectivity index (χ0n) is 17.0. The van der Waals surface area contributed by atoms with Gasteiger partial charge in [0.2, 0.25) is 0 Å². The van der Waals surface area contributed by atoms with Crippen molar-refractivity contribution in [3.8, 4) is 0 Å². The van der Waals surface area contributed by atoms with Gasteiger partial charge in [-0.1, -0.05) is 61.7 Å². The predicted molar refractivity (Wildman–Crippen MR) is 113 cm³/mol. The van der Waals surface area contributed by atoms with E-state index in [-0.39, 0.29) is 16.8 Å². The number of non-ortho nitro benzene ring substituents is 1. The van der Waals surface area contributed by atoms with Crippen LogP contribution < -0.4 is 0 Å². The smallest absolute Gasteiger partial charge is 0.295 e. The van der Waals surface area contributed by atoms with Gasteiger partial charge in [0, 0.05) is 24.2 Å². The number of nitro benzene ring substituents is 1. The summed E-state index contributed by atoms with van der Waals surface area (Å²) >= 11 is 0. The summed E-state index contributed by atoms with van der Waals surface area (Å²) in [6.45, 7) is 4.35. The molecule has 1 aliphatic heterocycles. The molecule has 0 radical (unpaired) electrons. The first kappa shape index (κ1) is 21.2. The molecule has 2 aromatic rings. The summed E-state index contributed by atoms with van der Waals surface area (Å²) in [5.74, 6) is -1.84. The second-order valence-corrected chi connectivity index (χ2v) is 7.42. The number of amides is 1. The van der Waals surface area contributed by atoms with Crippen LogP contribution in [0, 0.1) is 17.0 Å². The molecule has 0 aromatic heterocycles. The molecule has 1 aliphatic rings. The minimum Gasteiger partial charge on any atom is -0.507 e. The van der Waals surface area contributed by atoms with Crippen LogP contribution in [0.3, 0.4) is 0 Å². The lowest BCUT2D eigenvalue weighted by Gasteiger charge is -2.25. The number of carbonyl (C=O) groups excluding carboxylic acids is 2. The highest BCUT2D eigenvalue weighted by atomic mass is 16.6. The van der Waals surface area contributed by atoms with Crippen molar-refractivity contribution in [3.63, 3.8) is 0 Å². The lowest BCUT2D eigenvalue weighted by Crippen LogP contribution is -2.30. The first-order valence-corrected chi connectivity index (χ1v) is 9.95. The predicted octanol–water partition coefficient (Wildman–Crippen LogP) is 4.52. The second-order valence-electron chi connectivity index (χ2n) is 7.42. The Kier molecular flexibility index (Phi) is 6.30. The number of rotatable bonds is 7. The molecule has 7 nitrogen and oxygen atoms in total. The molecule has 1 atom stereocenters. The molecule has 0 saturated carbocycles. The number of benzene rings is 2. The summed E-state index contributed by atoms with van der Waals surface area (Å²) < 4.78 is 0. The van der Waals surface area contributed by atoms with Crippen molar-refractivity contribution in [2.45, 2.75) is 39.2 Å². The minimum atomic E-state index is -0.776. The molecule has 0 bridgehead atoms. The van der Waals surface area contributed by atoms with Crippen LogP contribution >= 0.6 is 0 Å². The molecule has 1 N–H and O–H groups in total. The Morgan fingerprint density at radius 1 is 1.13 bits per heavy atom. The van der Waals surface area contributed by atoms with Crippen molar-refractivity contribution in [2.75, 3.05) is 6.54 Å². The van der Waals surface area contributed by atoms with E-state index in [1.54, 1.807) is 0 Å². The third-order valence-corrected chi connectivity index (χ3v) is 5.23. The van der Waals surface area contributed by atoms with Crippen molar-refractivity contribution < 1.29 is 19.6 Å². The van der Waals surface area contributed by atoms with Crippen LogP contribution in [-0.2, 0) is 9.59 Å². The fourth-order valence-electron chi connectivity index (χ4n) is 3.75. The van der Waals surface area contributed by atoms with Gasteiger partial charge in [-0.15, -0.1) is 0 Å². The average molecular weight is 408 g/mol. The molecule has 3 rings (SSSR count). The molecule has 2 aromatic carbocycles. The van der Waals surface area contributed by atoms with Crippen molar-refractivity contribution in [2.24, 2.45) is 0 Å². The quantitative estimate of drug-likeness (QED) is 0.181. The molecule has 0 spiro atoms. The number of nitro groups is 1. The van der Waals surface area contributed by atoms with Gasteiger partial charge in [-0.05, 0) is 18.9 Å². The number of carbonyl (C=O) groups is 2. The Morgan fingerprint density at radius 3 is 2.53 bits per heavy atom. The van der Waals surface area contributed by atoms with E-state index in [9.17, 15) is 24.8 Å². The van der Waals surface area contributed by atoms with Gasteiger partial charge in [-0.3, -0.25) is 19.7 Å². The monoisotopic (exact) mass is 408 g/mol. The van der Waals surface area contributed by atoms with Crippen LogP contribution in [0.2, 0.25) is 0 Å². The van der Waals surface area contributed by atoms with E-state index >= 15 is 0 Å². The number of aryl methyl sites for hydroxylation is 1. The van der Waals surface area contributed by atoms with Crippen LogP contribution in [0.15, 0.2) is 54.1 Å². The van der Waals surface area contributed by atoms with Crippen molar-refractivity contribution in [1.82, 2.24) is 4.90 Å². The number of Topliss-reactive ketones (excluding diaryl/α,β-unsaturated/α-hetero) is 1.